The summed E-state index contributed by atoms with van der Waals surface area (Å²) < 4.78 is 119. The van der Waals surface area contributed by atoms with Gasteiger partial charge in [-0.1, -0.05) is 31.9 Å². The molecule has 0 saturated heterocycles. The zero-order valence-electron chi connectivity index (χ0n) is 19.9. The van der Waals surface area contributed by atoms with Crippen molar-refractivity contribution >= 4 is 67.0 Å². The van der Waals surface area contributed by atoms with Gasteiger partial charge in [-0.3, -0.25) is 9.59 Å². The quantitative estimate of drug-likeness (QED) is 0.145. The Hall–Kier alpha value is -3.05. The van der Waals surface area contributed by atoms with Gasteiger partial charge in [0.15, 0.2) is 12.6 Å². The maximum atomic E-state index is 11.9. The predicted molar refractivity (Wildman–Crippen MR) is 143 cm³/mol. The number of nitrogens with zero attached hydrogens (tertiary/aromatic N) is 1. The number of benzene rings is 3. The zero-order chi connectivity index (χ0) is 32.3. The minimum atomic E-state index is -4.88. The minimum Gasteiger partial charge on any atom is -0.405 e. The molecule has 18 heteroatoms. The first-order valence-electron chi connectivity index (χ1n) is 10.2. The van der Waals surface area contributed by atoms with Gasteiger partial charge in [-0.05, 0) is 77.2 Å². The highest BCUT2D eigenvalue weighted by molar-refractivity contribution is 14.1. The molecule has 42 heavy (non-hydrogen) atoms. The number of carbonyl (C=O) groups excluding carboxylic acids is 2. The van der Waals surface area contributed by atoms with Crippen LogP contribution < -0.4 is 14.2 Å². The van der Waals surface area contributed by atoms with Crippen molar-refractivity contribution < 1.29 is 63.3 Å². The number of halogens is 12. The van der Waals surface area contributed by atoms with Gasteiger partial charge < -0.3 is 14.2 Å². The first-order chi connectivity index (χ1) is 19.3. The number of alkyl halides is 9. The fourth-order valence-electron chi connectivity index (χ4n) is 2.41. The van der Waals surface area contributed by atoms with E-state index in [-0.39, 0.29) is 28.7 Å². The van der Waals surface area contributed by atoms with Crippen LogP contribution in [0.5, 0.6) is 17.2 Å². The van der Waals surface area contributed by atoms with Crippen molar-refractivity contribution in [2.45, 2.75) is 19.1 Å². The van der Waals surface area contributed by atoms with Gasteiger partial charge in [0.05, 0.1) is 26.3 Å². The smallest absolute Gasteiger partial charge is 0.405 e. The maximum absolute atomic E-state index is 11.9. The number of nitriles is 1. The molecule has 0 aromatic heterocycles. The van der Waals surface area contributed by atoms with Crippen molar-refractivity contribution in [2.75, 3.05) is 0 Å². The first kappa shape index (κ1) is 37.0. The lowest BCUT2D eigenvalue weighted by atomic mass is 10.1. The summed E-state index contributed by atoms with van der Waals surface area (Å²) in [5.41, 5.74) is -0.420. The van der Waals surface area contributed by atoms with E-state index in [2.05, 4.69) is 46.1 Å². The molecule has 0 atom stereocenters. The molecule has 3 aromatic rings. The number of hydrogen-bond acceptors (Lipinski definition) is 6. The molecule has 0 amide bonds. The van der Waals surface area contributed by atoms with Crippen LogP contribution in [0.3, 0.4) is 0 Å². The highest BCUT2D eigenvalue weighted by Crippen LogP contribution is 2.31. The van der Waals surface area contributed by atoms with E-state index in [1.165, 1.54) is 30.3 Å². The van der Waals surface area contributed by atoms with E-state index >= 15 is 0 Å². The second-order valence-corrected chi connectivity index (χ2v) is 9.99. The van der Waals surface area contributed by atoms with Gasteiger partial charge in [0.25, 0.3) is 0 Å². The van der Waals surface area contributed by atoms with E-state index in [1.807, 2.05) is 0 Å². The van der Waals surface area contributed by atoms with Crippen LogP contribution >= 0.6 is 54.5 Å². The van der Waals surface area contributed by atoms with Crippen molar-refractivity contribution in [3.8, 4) is 23.3 Å². The average Bonchev–Trinajstić information content (AvgIpc) is 2.84. The van der Waals surface area contributed by atoms with E-state index in [1.54, 1.807) is 34.7 Å². The molecule has 0 aliphatic heterocycles. The third-order valence-corrected chi connectivity index (χ3v) is 5.82. The van der Waals surface area contributed by atoms with E-state index in [0.717, 1.165) is 18.2 Å². The van der Waals surface area contributed by atoms with Crippen LogP contribution in [-0.4, -0.2) is 31.7 Å². The third kappa shape index (κ3) is 14.7. The molecule has 0 heterocycles. The number of aldehydes is 2. The summed E-state index contributed by atoms with van der Waals surface area (Å²) in [6, 6.07) is 13.0. The molecule has 0 saturated carbocycles. The Kier molecular flexibility index (Phi) is 14.1. The first-order valence-corrected chi connectivity index (χ1v) is 12.9. The molecule has 0 spiro atoms. The van der Waals surface area contributed by atoms with Gasteiger partial charge in [-0.15, -0.1) is 39.5 Å². The van der Waals surface area contributed by atoms with Crippen molar-refractivity contribution in [3.63, 3.8) is 0 Å². The summed E-state index contributed by atoms with van der Waals surface area (Å²) >= 11 is 7.79. The normalized spacial score (nSPS) is 11.0. The van der Waals surface area contributed by atoms with Crippen LogP contribution in [0.15, 0.2) is 63.5 Å². The highest BCUT2D eigenvalue weighted by atomic mass is 127. The lowest BCUT2D eigenvalue weighted by molar-refractivity contribution is -0.275. The number of hydrogen-bond donors (Lipinski definition) is 0. The molecule has 0 bridgehead atoms. The molecule has 3 rings (SSSR count). The molecular weight excluding hydrogens is 840 g/mol. The fraction of sp³-hybridized carbons (Fsp3) is 0.125. The van der Waals surface area contributed by atoms with Crippen molar-refractivity contribution in [1.29, 1.82) is 5.26 Å². The van der Waals surface area contributed by atoms with Crippen molar-refractivity contribution in [2.24, 2.45) is 0 Å². The topological polar surface area (TPSA) is 85.6 Å². The van der Waals surface area contributed by atoms with E-state index < -0.39 is 30.6 Å². The van der Waals surface area contributed by atoms with E-state index in [4.69, 9.17) is 5.26 Å². The Morgan fingerprint density at radius 3 is 1.45 bits per heavy atom. The highest BCUT2D eigenvalue weighted by Gasteiger charge is 2.33. The zero-order valence-corrected chi connectivity index (χ0v) is 25.2. The molecule has 0 aliphatic rings. The summed E-state index contributed by atoms with van der Waals surface area (Å²) in [7, 11) is 0. The van der Waals surface area contributed by atoms with Gasteiger partial charge in [0, 0.05) is 8.95 Å². The fourth-order valence-corrected chi connectivity index (χ4v) is 3.54. The molecule has 3 aromatic carbocycles. The van der Waals surface area contributed by atoms with Gasteiger partial charge in [0.1, 0.15) is 17.2 Å². The predicted octanol–water partition coefficient (Wildman–Crippen LogP) is 9.38. The maximum Gasteiger partial charge on any atom is 0.573 e. The van der Waals surface area contributed by atoms with Crippen LogP contribution in [-0.2, 0) is 0 Å². The average molecular weight is 851 g/mol. The molecule has 0 fully saturated rings. The standard InChI is InChI=1S/C9H4F3NO2.C8H4BrF3O2.C7H3BrF3IO/c10-9(11,12)15-8-3-6(4-13)1-2-7(8)5-14;9-6-2-1-5(4-13)7(3-6)14-8(10,11)12;8-4-1-2-5(12)6(3-4)13-7(9,10)11/h1-3,5H;1-4H;1-3H. The molecular formula is C24H11Br2F9INO5. The molecule has 0 radical (unpaired) electrons. The molecule has 0 aliphatic carbocycles. The Labute approximate surface area is 260 Å². The number of rotatable bonds is 5. The lowest BCUT2D eigenvalue weighted by Crippen LogP contribution is -2.18. The summed E-state index contributed by atoms with van der Waals surface area (Å²) in [5, 5.41) is 8.45. The molecule has 0 N–H and O–H groups in total. The Bertz CT molecular complexity index is 1430. The number of carbonyl (C=O) groups is 2. The van der Waals surface area contributed by atoms with Gasteiger partial charge >= 0.3 is 19.1 Å². The third-order valence-electron chi connectivity index (χ3n) is 3.94. The van der Waals surface area contributed by atoms with Gasteiger partial charge in [0.2, 0.25) is 0 Å². The van der Waals surface area contributed by atoms with Crippen molar-refractivity contribution in [1.82, 2.24) is 0 Å². The van der Waals surface area contributed by atoms with E-state index in [0.29, 0.717) is 18.8 Å². The van der Waals surface area contributed by atoms with E-state index in [9.17, 15) is 49.1 Å². The Morgan fingerprint density at radius 2 is 1.02 bits per heavy atom. The largest absolute Gasteiger partial charge is 0.573 e. The Morgan fingerprint density at radius 1 is 0.643 bits per heavy atom. The van der Waals surface area contributed by atoms with Crippen LogP contribution in [0.2, 0.25) is 0 Å². The lowest BCUT2D eigenvalue weighted by Gasteiger charge is -2.10. The second kappa shape index (κ2) is 16.0. The SMILES string of the molecule is FC(F)(F)Oc1cc(Br)ccc1I.N#Cc1ccc(C=O)c(OC(F)(F)F)c1.O=Cc1ccc(Br)cc1OC(F)(F)F. The molecule has 6 nitrogen and oxygen atoms in total. The summed E-state index contributed by atoms with van der Waals surface area (Å²) in [5.74, 6) is -1.37. The summed E-state index contributed by atoms with van der Waals surface area (Å²) in [6.45, 7) is 0. The summed E-state index contributed by atoms with van der Waals surface area (Å²) in [4.78, 5) is 20.7. The van der Waals surface area contributed by atoms with Gasteiger partial charge in [-0.2, -0.15) is 5.26 Å². The molecule has 0 unspecified atom stereocenters. The second-order valence-electron chi connectivity index (χ2n) is 7.00. The molecule has 226 valence electrons. The minimum absolute atomic E-state index is 0.0140. The Balaban J connectivity index is 0.000000316. The number of ether oxygens (including phenoxy) is 3. The summed E-state index contributed by atoms with van der Waals surface area (Å²) in [6.07, 6.45) is -13.8. The van der Waals surface area contributed by atoms with Crippen molar-refractivity contribution in [3.05, 3.63) is 83.8 Å². The van der Waals surface area contributed by atoms with Crippen LogP contribution in [0, 0.1) is 14.9 Å². The monoisotopic (exact) mass is 849 g/mol. The van der Waals surface area contributed by atoms with Crippen LogP contribution in [0.1, 0.15) is 26.3 Å². The van der Waals surface area contributed by atoms with Crippen LogP contribution in [0.4, 0.5) is 39.5 Å². The van der Waals surface area contributed by atoms with Gasteiger partial charge in [-0.25, -0.2) is 0 Å². The van der Waals surface area contributed by atoms with Crippen LogP contribution in [0.25, 0.3) is 0 Å².